The van der Waals surface area contributed by atoms with Gasteiger partial charge in [0.2, 0.25) is 0 Å². The van der Waals surface area contributed by atoms with Crippen LogP contribution in [0.3, 0.4) is 0 Å². The summed E-state index contributed by atoms with van der Waals surface area (Å²) >= 11 is 0.0116. The van der Waals surface area contributed by atoms with Crippen LogP contribution in [-0.4, -0.2) is 28.0 Å². The van der Waals surface area contributed by atoms with E-state index in [-0.39, 0.29) is 27.1 Å². The lowest BCUT2D eigenvalue weighted by Crippen LogP contribution is -2.30. The van der Waals surface area contributed by atoms with E-state index < -0.39 is 34.9 Å². The molecule has 0 amide bonds. The van der Waals surface area contributed by atoms with Crippen LogP contribution in [0.25, 0.3) is 6.08 Å². The number of halogens is 6. The summed E-state index contributed by atoms with van der Waals surface area (Å²) < 4.78 is 76.2. The van der Waals surface area contributed by atoms with E-state index in [1.807, 2.05) is 0 Å². The van der Waals surface area contributed by atoms with Crippen LogP contribution in [0.15, 0.2) is 33.6 Å². The Hall–Kier alpha value is -1.29. The molecule has 0 spiro atoms. The number of alkyl halides is 6. The Morgan fingerprint density at radius 2 is 1.87 bits per heavy atom. The summed E-state index contributed by atoms with van der Waals surface area (Å²) in [7, 11) is 0. The average molecular weight is 374 g/mol. The maximum atomic E-state index is 13.0. The van der Waals surface area contributed by atoms with Crippen molar-refractivity contribution < 1.29 is 36.2 Å². The normalized spacial score (nSPS) is 18.3. The van der Waals surface area contributed by atoms with Gasteiger partial charge in [-0.15, -0.1) is 11.8 Å². The lowest BCUT2D eigenvalue weighted by Gasteiger charge is -2.27. The van der Waals surface area contributed by atoms with E-state index in [0.717, 1.165) is 18.2 Å². The molecule has 2 rings (SSSR count). The molecule has 1 atom stereocenters. The molecule has 10 heteroatoms. The minimum Gasteiger partial charge on any atom is -0.481 e. The van der Waals surface area contributed by atoms with Crippen LogP contribution < -0.4 is 0 Å². The van der Waals surface area contributed by atoms with Gasteiger partial charge < -0.3 is 5.11 Å². The molecule has 1 aromatic rings. The zero-order chi connectivity index (χ0) is 17.4. The average Bonchev–Trinajstić information content (AvgIpc) is 2.33. The topological polar surface area (TPSA) is 37.3 Å². The Kier molecular flexibility index (Phi) is 4.95. The summed E-state index contributed by atoms with van der Waals surface area (Å²) in [5.41, 5.74) is -4.75. The first-order valence-corrected chi connectivity index (χ1v) is 7.71. The molecule has 1 unspecified atom stereocenters. The fourth-order valence-electron chi connectivity index (χ4n) is 2.02. The van der Waals surface area contributed by atoms with Crippen molar-refractivity contribution in [2.45, 2.75) is 33.1 Å². The second-order valence-electron chi connectivity index (χ2n) is 4.58. The van der Waals surface area contributed by atoms with Gasteiger partial charge in [-0.2, -0.15) is 26.3 Å². The molecular formula is C13H8F6O2S2. The van der Waals surface area contributed by atoms with Crippen molar-refractivity contribution in [2.24, 2.45) is 0 Å². The number of carboxylic acid groups (broad SMARTS) is 1. The zero-order valence-electron chi connectivity index (χ0n) is 11.0. The standard InChI is InChI=1S/C13H8F6O2S2/c14-12(15,16)11-7(5-10(20)21)3-6-4-8(23-13(17,18)19)1-2-9(6)22-11/h1-4,11H,5H2,(H,20,21). The molecule has 1 N–H and O–H groups in total. The third kappa shape index (κ3) is 4.84. The molecule has 0 bridgehead atoms. The highest BCUT2D eigenvalue weighted by Gasteiger charge is 2.45. The Balaban J connectivity index is 2.40. The zero-order valence-corrected chi connectivity index (χ0v) is 12.7. The second-order valence-corrected chi connectivity index (χ2v) is 6.86. The van der Waals surface area contributed by atoms with Crippen molar-refractivity contribution in [2.75, 3.05) is 0 Å². The van der Waals surface area contributed by atoms with Gasteiger partial charge in [0.15, 0.2) is 0 Å². The van der Waals surface area contributed by atoms with E-state index in [2.05, 4.69) is 0 Å². The molecule has 2 nitrogen and oxygen atoms in total. The Morgan fingerprint density at radius 1 is 1.22 bits per heavy atom. The highest BCUT2D eigenvalue weighted by atomic mass is 32.2. The number of hydrogen-bond acceptors (Lipinski definition) is 3. The monoisotopic (exact) mass is 374 g/mol. The van der Waals surface area contributed by atoms with Crippen LogP contribution in [0.4, 0.5) is 26.3 Å². The fourth-order valence-corrected chi connectivity index (χ4v) is 3.70. The van der Waals surface area contributed by atoms with Crippen molar-refractivity contribution in [3.05, 3.63) is 29.3 Å². The molecular weight excluding hydrogens is 366 g/mol. The van der Waals surface area contributed by atoms with Crippen LogP contribution in [0.2, 0.25) is 0 Å². The van der Waals surface area contributed by atoms with Gasteiger partial charge in [0.05, 0.1) is 6.42 Å². The molecule has 126 valence electrons. The molecule has 1 aliphatic rings. The second kappa shape index (κ2) is 6.31. The van der Waals surface area contributed by atoms with E-state index in [4.69, 9.17) is 5.11 Å². The lowest BCUT2D eigenvalue weighted by atomic mass is 10.0. The summed E-state index contributed by atoms with van der Waals surface area (Å²) in [6.07, 6.45) is -4.46. The Labute approximate surface area is 134 Å². The minimum atomic E-state index is -4.65. The van der Waals surface area contributed by atoms with Crippen molar-refractivity contribution in [1.82, 2.24) is 0 Å². The molecule has 1 heterocycles. The predicted molar refractivity (Wildman–Crippen MR) is 74.3 cm³/mol. The van der Waals surface area contributed by atoms with Crippen LogP contribution >= 0.6 is 23.5 Å². The van der Waals surface area contributed by atoms with E-state index in [1.165, 1.54) is 6.07 Å². The van der Waals surface area contributed by atoms with Gasteiger partial charge >= 0.3 is 17.7 Å². The first kappa shape index (κ1) is 18.1. The van der Waals surface area contributed by atoms with Crippen molar-refractivity contribution >= 4 is 35.6 Å². The first-order valence-electron chi connectivity index (χ1n) is 6.01. The van der Waals surface area contributed by atoms with Crippen LogP contribution in [0, 0.1) is 0 Å². The van der Waals surface area contributed by atoms with Crippen molar-refractivity contribution in [3.8, 4) is 0 Å². The number of rotatable bonds is 3. The van der Waals surface area contributed by atoms with Gasteiger partial charge in [0.25, 0.3) is 0 Å². The minimum absolute atomic E-state index is 0.154. The number of carbonyl (C=O) groups is 1. The summed E-state index contributed by atoms with van der Waals surface area (Å²) in [5, 5.41) is 6.71. The van der Waals surface area contributed by atoms with Gasteiger partial charge in [-0.1, -0.05) is 6.08 Å². The molecule has 0 aromatic heterocycles. The summed E-state index contributed by atoms with van der Waals surface area (Å²) in [6.45, 7) is 0. The van der Waals surface area contributed by atoms with Crippen LogP contribution in [0.5, 0.6) is 0 Å². The van der Waals surface area contributed by atoms with E-state index in [1.54, 1.807) is 0 Å². The van der Waals surface area contributed by atoms with Gasteiger partial charge in [-0.3, -0.25) is 4.79 Å². The molecule has 1 aliphatic heterocycles. The highest BCUT2D eigenvalue weighted by molar-refractivity contribution is 8.00. The molecule has 0 aliphatic carbocycles. The largest absolute Gasteiger partial charge is 0.481 e. The quantitative estimate of drug-likeness (QED) is 0.583. The lowest BCUT2D eigenvalue weighted by molar-refractivity contribution is -0.137. The predicted octanol–water partition coefficient (Wildman–Crippen LogP) is 5.19. The molecule has 0 radical (unpaired) electrons. The Bertz CT molecular complexity index is 651. The van der Waals surface area contributed by atoms with Crippen LogP contribution in [0.1, 0.15) is 12.0 Å². The van der Waals surface area contributed by atoms with Gasteiger partial charge in [-0.25, -0.2) is 0 Å². The third-order valence-electron chi connectivity index (χ3n) is 2.79. The Morgan fingerprint density at radius 3 is 2.39 bits per heavy atom. The van der Waals surface area contributed by atoms with Crippen molar-refractivity contribution in [1.29, 1.82) is 0 Å². The van der Waals surface area contributed by atoms with E-state index in [0.29, 0.717) is 11.8 Å². The third-order valence-corrected chi connectivity index (χ3v) is 4.94. The van der Waals surface area contributed by atoms with E-state index in [9.17, 15) is 31.1 Å². The van der Waals surface area contributed by atoms with E-state index >= 15 is 0 Å². The number of thioether (sulfide) groups is 2. The number of benzene rings is 1. The number of aliphatic carboxylic acids is 1. The molecule has 1 aromatic carbocycles. The van der Waals surface area contributed by atoms with Gasteiger partial charge in [0.1, 0.15) is 5.25 Å². The number of hydrogen-bond donors (Lipinski definition) is 1. The summed E-state index contributed by atoms with van der Waals surface area (Å²) in [4.78, 5) is 10.7. The molecule has 0 fully saturated rings. The summed E-state index contributed by atoms with van der Waals surface area (Å²) in [5.74, 6) is -1.43. The van der Waals surface area contributed by atoms with Gasteiger partial charge in [-0.05, 0) is 41.1 Å². The number of carboxylic acids is 1. The SMILES string of the molecule is O=C(O)CC1=Cc2cc(SC(F)(F)F)ccc2SC1C(F)(F)F. The first-order chi connectivity index (χ1) is 10.5. The highest BCUT2D eigenvalue weighted by Crippen LogP contribution is 2.47. The van der Waals surface area contributed by atoms with Gasteiger partial charge in [0, 0.05) is 9.79 Å². The summed E-state index contributed by atoms with van der Waals surface area (Å²) in [6, 6.07) is 3.38. The molecule has 0 saturated carbocycles. The molecule has 23 heavy (non-hydrogen) atoms. The number of fused-ring (bicyclic) bond motifs is 1. The van der Waals surface area contributed by atoms with Crippen LogP contribution in [-0.2, 0) is 4.79 Å². The smallest absolute Gasteiger partial charge is 0.446 e. The van der Waals surface area contributed by atoms with Crippen molar-refractivity contribution in [3.63, 3.8) is 0 Å². The maximum absolute atomic E-state index is 13.0. The fraction of sp³-hybridized carbons (Fsp3) is 0.308. The maximum Gasteiger partial charge on any atom is 0.446 e. The molecule has 0 saturated heterocycles.